The predicted molar refractivity (Wildman–Crippen MR) is 82.5 cm³/mol. The Kier molecular flexibility index (Phi) is 5.12. The quantitative estimate of drug-likeness (QED) is 0.674. The molecule has 6 heteroatoms. The number of nitro benzene ring substituents is 1. The van der Waals surface area contributed by atoms with Crippen LogP contribution in [-0.4, -0.2) is 29.0 Å². The second kappa shape index (κ2) is 6.65. The van der Waals surface area contributed by atoms with Gasteiger partial charge in [0.05, 0.1) is 4.92 Å². The third-order valence-corrected chi connectivity index (χ3v) is 4.41. The van der Waals surface area contributed by atoms with E-state index in [9.17, 15) is 10.1 Å². The Bertz CT molecular complexity index is 487. The molecule has 0 aliphatic heterocycles. The summed E-state index contributed by atoms with van der Waals surface area (Å²) in [6.45, 7) is 0.722. The minimum atomic E-state index is -0.353. The standard InChI is InChI=1S/C14H20BrN3O2/c1-17(13-4-2-12(16)3-5-13)9-10-6-11(15)8-14(7-10)18(19)20/h6-8,12-13H,2-5,9,16H2,1H3. The van der Waals surface area contributed by atoms with E-state index < -0.39 is 0 Å². The van der Waals surface area contributed by atoms with E-state index in [1.54, 1.807) is 6.07 Å². The van der Waals surface area contributed by atoms with Crippen LogP contribution in [0.15, 0.2) is 22.7 Å². The summed E-state index contributed by atoms with van der Waals surface area (Å²) in [6.07, 6.45) is 4.34. The van der Waals surface area contributed by atoms with Crippen molar-refractivity contribution in [3.8, 4) is 0 Å². The van der Waals surface area contributed by atoms with Crippen LogP contribution in [0.25, 0.3) is 0 Å². The minimum Gasteiger partial charge on any atom is -0.328 e. The molecular weight excluding hydrogens is 322 g/mol. The maximum atomic E-state index is 10.9. The smallest absolute Gasteiger partial charge is 0.270 e. The Morgan fingerprint density at radius 1 is 1.35 bits per heavy atom. The van der Waals surface area contributed by atoms with Crippen molar-refractivity contribution < 1.29 is 4.92 Å². The Morgan fingerprint density at radius 3 is 2.60 bits per heavy atom. The summed E-state index contributed by atoms with van der Waals surface area (Å²) in [5, 5.41) is 10.9. The lowest BCUT2D eigenvalue weighted by molar-refractivity contribution is -0.385. The summed E-state index contributed by atoms with van der Waals surface area (Å²) >= 11 is 3.34. The molecule has 1 fully saturated rings. The molecule has 1 aliphatic carbocycles. The predicted octanol–water partition coefficient (Wildman–Crippen LogP) is 3.06. The first kappa shape index (κ1) is 15.4. The number of nitrogens with zero attached hydrogens (tertiary/aromatic N) is 2. The van der Waals surface area contributed by atoms with E-state index in [0.717, 1.165) is 42.3 Å². The molecule has 0 aromatic heterocycles. The number of nitrogens with two attached hydrogens (primary N) is 1. The SMILES string of the molecule is CN(Cc1cc(Br)cc([N+](=O)[O-])c1)C1CCC(N)CC1. The van der Waals surface area contributed by atoms with Crippen molar-refractivity contribution >= 4 is 21.6 Å². The second-order valence-corrected chi connectivity index (χ2v) is 6.47. The van der Waals surface area contributed by atoms with Gasteiger partial charge in [-0.25, -0.2) is 0 Å². The van der Waals surface area contributed by atoms with E-state index in [1.807, 2.05) is 6.07 Å². The molecule has 0 radical (unpaired) electrons. The lowest BCUT2D eigenvalue weighted by Crippen LogP contribution is -2.38. The van der Waals surface area contributed by atoms with Gasteiger partial charge in [-0.3, -0.25) is 15.0 Å². The Morgan fingerprint density at radius 2 is 2.00 bits per heavy atom. The van der Waals surface area contributed by atoms with Crippen molar-refractivity contribution in [3.05, 3.63) is 38.3 Å². The van der Waals surface area contributed by atoms with Gasteiger partial charge in [-0.1, -0.05) is 15.9 Å². The van der Waals surface area contributed by atoms with Gasteiger partial charge in [0.25, 0.3) is 5.69 Å². The zero-order valence-corrected chi connectivity index (χ0v) is 13.2. The zero-order valence-electron chi connectivity index (χ0n) is 11.6. The van der Waals surface area contributed by atoms with E-state index in [1.165, 1.54) is 6.07 Å². The molecule has 0 amide bonds. The number of nitro groups is 1. The molecule has 0 bridgehead atoms. The molecule has 2 N–H and O–H groups in total. The first-order valence-corrected chi connectivity index (χ1v) is 7.64. The molecule has 0 spiro atoms. The Labute approximate surface area is 127 Å². The molecule has 1 saturated carbocycles. The molecule has 1 aromatic rings. The summed E-state index contributed by atoms with van der Waals surface area (Å²) in [5.74, 6) is 0. The molecule has 5 nitrogen and oxygen atoms in total. The summed E-state index contributed by atoms with van der Waals surface area (Å²) < 4.78 is 0.751. The highest BCUT2D eigenvalue weighted by molar-refractivity contribution is 9.10. The van der Waals surface area contributed by atoms with Crippen LogP contribution in [0.1, 0.15) is 31.2 Å². The van der Waals surface area contributed by atoms with Crippen LogP contribution < -0.4 is 5.73 Å². The average molecular weight is 342 g/mol. The van der Waals surface area contributed by atoms with Gasteiger partial charge in [0.15, 0.2) is 0 Å². The largest absolute Gasteiger partial charge is 0.328 e. The van der Waals surface area contributed by atoms with Crippen LogP contribution in [0.4, 0.5) is 5.69 Å². The Balaban J connectivity index is 2.03. The van der Waals surface area contributed by atoms with Gasteiger partial charge in [0.1, 0.15) is 0 Å². The van der Waals surface area contributed by atoms with Crippen LogP contribution in [0.3, 0.4) is 0 Å². The second-order valence-electron chi connectivity index (χ2n) is 5.56. The van der Waals surface area contributed by atoms with E-state index in [4.69, 9.17) is 5.73 Å². The van der Waals surface area contributed by atoms with Crippen LogP contribution in [0.5, 0.6) is 0 Å². The van der Waals surface area contributed by atoms with Crippen molar-refractivity contribution in [2.24, 2.45) is 5.73 Å². The van der Waals surface area contributed by atoms with Gasteiger partial charge in [-0.2, -0.15) is 0 Å². The number of halogens is 1. The van der Waals surface area contributed by atoms with Crippen molar-refractivity contribution in [2.75, 3.05) is 7.05 Å². The van der Waals surface area contributed by atoms with Crippen molar-refractivity contribution in [3.63, 3.8) is 0 Å². The first-order chi connectivity index (χ1) is 9.45. The number of hydrogen-bond acceptors (Lipinski definition) is 4. The number of benzene rings is 1. The topological polar surface area (TPSA) is 72.4 Å². The molecular formula is C14H20BrN3O2. The molecule has 0 saturated heterocycles. The minimum absolute atomic E-state index is 0.133. The van der Waals surface area contributed by atoms with Crippen molar-refractivity contribution in [1.29, 1.82) is 0 Å². The van der Waals surface area contributed by atoms with Gasteiger partial charge in [0.2, 0.25) is 0 Å². The lowest BCUT2D eigenvalue weighted by atomic mass is 9.91. The van der Waals surface area contributed by atoms with E-state index in [0.29, 0.717) is 12.1 Å². The molecule has 1 aliphatic rings. The van der Waals surface area contributed by atoms with Crippen LogP contribution in [-0.2, 0) is 6.54 Å². The van der Waals surface area contributed by atoms with Gasteiger partial charge in [-0.15, -0.1) is 0 Å². The Hall–Kier alpha value is -0.980. The molecule has 110 valence electrons. The summed E-state index contributed by atoms with van der Waals surface area (Å²) in [5.41, 5.74) is 7.02. The maximum absolute atomic E-state index is 10.9. The van der Waals surface area contributed by atoms with Crippen LogP contribution in [0, 0.1) is 10.1 Å². The van der Waals surface area contributed by atoms with Gasteiger partial charge < -0.3 is 5.73 Å². The molecule has 0 atom stereocenters. The van der Waals surface area contributed by atoms with Crippen molar-refractivity contribution in [1.82, 2.24) is 4.90 Å². The van der Waals surface area contributed by atoms with E-state index in [-0.39, 0.29) is 10.6 Å². The molecule has 20 heavy (non-hydrogen) atoms. The highest BCUT2D eigenvalue weighted by Gasteiger charge is 2.22. The number of hydrogen-bond donors (Lipinski definition) is 1. The highest BCUT2D eigenvalue weighted by atomic mass is 79.9. The van der Waals surface area contributed by atoms with Crippen LogP contribution >= 0.6 is 15.9 Å². The number of rotatable bonds is 4. The highest BCUT2D eigenvalue weighted by Crippen LogP contribution is 2.25. The molecule has 1 aromatic carbocycles. The third kappa shape index (κ3) is 4.01. The van der Waals surface area contributed by atoms with Gasteiger partial charge in [0, 0.05) is 35.2 Å². The van der Waals surface area contributed by atoms with Gasteiger partial charge >= 0.3 is 0 Å². The van der Waals surface area contributed by atoms with E-state index in [2.05, 4.69) is 27.9 Å². The third-order valence-electron chi connectivity index (χ3n) is 3.95. The summed E-state index contributed by atoms with van der Waals surface area (Å²) in [7, 11) is 2.08. The number of non-ortho nitro benzene ring substituents is 1. The van der Waals surface area contributed by atoms with Crippen LogP contribution in [0.2, 0.25) is 0 Å². The fourth-order valence-corrected chi connectivity index (χ4v) is 3.32. The van der Waals surface area contributed by atoms with E-state index >= 15 is 0 Å². The fraction of sp³-hybridized carbons (Fsp3) is 0.571. The summed E-state index contributed by atoms with van der Waals surface area (Å²) in [6, 6.07) is 5.98. The molecule has 2 rings (SSSR count). The fourth-order valence-electron chi connectivity index (χ4n) is 2.79. The molecule has 0 heterocycles. The average Bonchev–Trinajstić information content (AvgIpc) is 2.38. The molecule has 0 unspecified atom stereocenters. The lowest BCUT2D eigenvalue weighted by Gasteiger charge is -2.33. The zero-order chi connectivity index (χ0) is 14.7. The normalized spacial score (nSPS) is 23.0. The summed E-state index contributed by atoms with van der Waals surface area (Å²) in [4.78, 5) is 12.8. The maximum Gasteiger partial charge on any atom is 0.270 e. The first-order valence-electron chi connectivity index (χ1n) is 6.85. The van der Waals surface area contributed by atoms with Gasteiger partial charge in [-0.05, 0) is 44.4 Å². The monoisotopic (exact) mass is 341 g/mol. The van der Waals surface area contributed by atoms with Crippen molar-refractivity contribution in [2.45, 2.75) is 44.3 Å².